The van der Waals surface area contributed by atoms with Crippen molar-refractivity contribution in [3.8, 4) is 0 Å². The van der Waals surface area contributed by atoms with E-state index in [2.05, 4.69) is 42.0 Å². The first kappa shape index (κ1) is 23.9. The summed E-state index contributed by atoms with van der Waals surface area (Å²) in [7, 11) is 0. The molecule has 2 aromatic heterocycles. The zero-order valence-corrected chi connectivity index (χ0v) is 13.6. The van der Waals surface area contributed by atoms with Gasteiger partial charge in [-0.25, -0.2) is 4.98 Å². The van der Waals surface area contributed by atoms with Gasteiger partial charge in [0.2, 0.25) is 0 Å². The number of pyridine rings is 2. The van der Waals surface area contributed by atoms with Gasteiger partial charge in [0, 0.05) is 25.2 Å². The van der Waals surface area contributed by atoms with Crippen molar-refractivity contribution in [1.29, 1.82) is 0 Å². The van der Waals surface area contributed by atoms with E-state index in [1.54, 1.807) is 18.2 Å². The molecule has 4 nitrogen and oxygen atoms in total. The summed E-state index contributed by atoms with van der Waals surface area (Å²) in [5.41, 5.74) is 3.06. The van der Waals surface area contributed by atoms with E-state index in [0.717, 1.165) is 12.8 Å². The highest BCUT2D eigenvalue weighted by Crippen LogP contribution is 2.01. The highest BCUT2D eigenvalue weighted by Gasteiger charge is 2.04. The lowest BCUT2D eigenvalue weighted by Gasteiger charge is -1.97. The van der Waals surface area contributed by atoms with Crippen molar-refractivity contribution in [1.82, 2.24) is 9.97 Å². The fourth-order valence-electron chi connectivity index (χ4n) is 1.75. The first-order valence-electron chi connectivity index (χ1n) is 7.41. The zero-order valence-electron chi connectivity index (χ0n) is 13.6. The van der Waals surface area contributed by atoms with Gasteiger partial charge in [-0.2, -0.15) is 0 Å². The molecule has 4 heteroatoms. The molecule has 0 spiro atoms. The minimum absolute atomic E-state index is 0. The van der Waals surface area contributed by atoms with Crippen molar-refractivity contribution in [3.63, 3.8) is 0 Å². The number of aryl methyl sites for hydroxylation is 2. The molecule has 0 aliphatic heterocycles. The van der Waals surface area contributed by atoms with E-state index in [0.29, 0.717) is 11.4 Å². The highest BCUT2D eigenvalue weighted by molar-refractivity contribution is 5.96. The fourth-order valence-corrected chi connectivity index (χ4v) is 1.75. The van der Waals surface area contributed by atoms with Gasteiger partial charge in [0.1, 0.15) is 11.4 Å². The second-order valence-corrected chi connectivity index (χ2v) is 4.85. The van der Waals surface area contributed by atoms with Crippen LogP contribution >= 0.6 is 0 Å². The monoisotopic (exact) mass is 330 g/mol. The van der Waals surface area contributed by atoms with E-state index in [4.69, 9.17) is 0 Å². The Bertz CT molecular complexity index is 603. The summed E-state index contributed by atoms with van der Waals surface area (Å²) in [6.07, 6.45) is 2.07. The van der Waals surface area contributed by atoms with Gasteiger partial charge in [-0.15, -0.1) is 0 Å². The van der Waals surface area contributed by atoms with Gasteiger partial charge in [0.15, 0.2) is 11.6 Å². The second kappa shape index (κ2) is 12.1. The van der Waals surface area contributed by atoms with Gasteiger partial charge >= 0.3 is 0 Å². The summed E-state index contributed by atoms with van der Waals surface area (Å²) in [4.78, 5) is 30.0. The number of nitrogens with zero attached hydrogens (tertiary/aromatic N) is 2. The molecule has 0 saturated carbocycles. The molecule has 0 aliphatic rings. The summed E-state index contributed by atoms with van der Waals surface area (Å²) in [6.45, 7) is 7.10. The van der Waals surface area contributed by atoms with E-state index < -0.39 is 0 Å². The maximum absolute atomic E-state index is 10.8. The Kier molecular flexibility index (Phi) is 12.1. The van der Waals surface area contributed by atoms with Crippen LogP contribution in [-0.2, 0) is 12.8 Å². The van der Waals surface area contributed by atoms with Crippen LogP contribution in [0, 0.1) is 0 Å². The Morgan fingerprint density at radius 3 is 1.46 bits per heavy atom. The van der Waals surface area contributed by atoms with Crippen LogP contribution in [0.15, 0.2) is 36.4 Å². The molecular weight excluding hydrogens is 300 g/mol. The van der Waals surface area contributed by atoms with E-state index in [-0.39, 0.29) is 26.4 Å². The van der Waals surface area contributed by atoms with Crippen LogP contribution in [0.1, 0.15) is 74.9 Å². The molecule has 0 fully saturated rings. The van der Waals surface area contributed by atoms with E-state index in [9.17, 15) is 9.59 Å². The minimum Gasteiger partial charge on any atom is -0.293 e. The molecule has 2 heterocycles. The van der Waals surface area contributed by atoms with Crippen molar-refractivity contribution >= 4 is 11.6 Å². The Morgan fingerprint density at radius 1 is 0.750 bits per heavy atom. The molecule has 0 aromatic carbocycles. The van der Waals surface area contributed by atoms with Crippen LogP contribution < -0.4 is 0 Å². The summed E-state index contributed by atoms with van der Waals surface area (Å²) >= 11 is 0. The molecule has 0 bridgehead atoms. The van der Waals surface area contributed by atoms with Crippen molar-refractivity contribution in [2.75, 3.05) is 0 Å². The topological polar surface area (TPSA) is 59.9 Å². The zero-order chi connectivity index (χ0) is 16.5. The minimum atomic E-state index is -0.127. The van der Waals surface area contributed by atoms with Gasteiger partial charge in [0.25, 0.3) is 0 Å². The summed E-state index contributed by atoms with van der Waals surface area (Å²) in [6, 6.07) is 11.0. The third-order valence-electron chi connectivity index (χ3n) is 3.06. The number of ketones is 2. The van der Waals surface area contributed by atoms with Gasteiger partial charge in [0.05, 0.1) is 0 Å². The average molecular weight is 330 g/mol. The first-order valence-corrected chi connectivity index (χ1v) is 7.41. The molecule has 0 radical (unpaired) electrons. The third-order valence-corrected chi connectivity index (χ3v) is 3.06. The second-order valence-electron chi connectivity index (χ2n) is 4.85. The quantitative estimate of drug-likeness (QED) is 0.743. The SMILES string of the molecule is C.C.CC(=O)c1cccc(C(C)=O)n1.CCc1cccc(CC)n1. The largest absolute Gasteiger partial charge is 0.293 e. The van der Waals surface area contributed by atoms with Crippen molar-refractivity contribution < 1.29 is 9.59 Å². The maximum Gasteiger partial charge on any atom is 0.178 e. The van der Waals surface area contributed by atoms with Crippen LogP contribution in [0.4, 0.5) is 0 Å². The molecule has 0 saturated heterocycles. The van der Waals surface area contributed by atoms with Gasteiger partial charge in [-0.3, -0.25) is 14.6 Å². The molecule has 0 aliphatic carbocycles. The van der Waals surface area contributed by atoms with Crippen molar-refractivity contribution in [2.45, 2.75) is 55.4 Å². The molecular formula is C20H30N2O2. The molecule has 0 amide bonds. The van der Waals surface area contributed by atoms with E-state index in [1.807, 2.05) is 0 Å². The van der Waals surface area contributed by atoms with Gasteiger partial charge < -0.3 is 0 Å². The predicted octanol–water partition coefficient (Wildman–Crippen LogP) is 4.97. The number of carbonyl (C=O) groups is 2. The number of Topliss-reactive ketones (excluding diaryl/α,β-unsaturated/α-hetero) is 2. The lowest BCUT2D eigenvalue weighted by molar-refractivity contribution is 0.101. The standard InChI is InChI=1S/C9H9NO2.C9H13N.2CH4/c1-6(11)8-4-3-5-9(10-8)7(2)12;1-3-8-6-5-7-9(4-2)10-8;;/h3-5H,1-2H3;5-7H,3-4H2,1-2H3;2*1H4. The van der Waals surface area contributed by atoms with Gasteiger partial charge in [-0.05, 0) is 37.1 Å². The van der Waals surface area contributed by atoms with Crippen LogP contribution in [0.25, 0.3) is 0 Å². The first-order chi connectivity index (χ1) is 10.5. The molecule has 2 rings (SSSR count). The van der Waals surface area contributed by atoms with Crippen LogP contribution in [0.3, 0.4) is 0 Å². The fraction of sp³-hybridized carbons (Fsp3) is 0.400. The number of rotatable bonds is 4. The number of carbonyl (C=O) groups excluding carboxylic acids is 2. The number of hydrogen-bond acceptors (Lipinski definition) is 4. The Balaban J connectivity index is 0. The third kappa shape index (κ3) is 7.77. The molecule has 2 aromatic rings. The summed E-state index contributed by atoms with van der Waals surface area (Å²) in [5.74, 6) is -0.254. The lowest BCUT2D eigenvalue weighted by Crippen LogP contribution is -2.02. The van der Waals surface area contributed by atoms with E-state index in [1.165, 1.54) is 25.2 Å². The smallest absolute Gasteiger partial charge is 0.178 e. The maximum atomic E-state index is 10.8. The van der Waals surface area contributed by atoms with Crippen LogP contribution in [0.2, 0.25) is 0 Å². The van der Waals surface area contributed by atoms with Crippen molar-refractivity contribution in [2.24, 2.45) is 0 Å². The highest BCUT2D eigenvalue weighted by atomic mass is 16.1. The average Bonchev–Trinajstić information content (AvgIpc) is 2.55. The van der Waals surface area contributed by atoms with E-state index >= 15 is 0 Å². The van der Waals surface area contributed by atoms with Crippen LogP contribution in [-0.4, -0.2) is 21.5 Å². The molecule has 0 N–H and O–H groups in total. The Labute approximate surface area is 146 Å². The normalized spacial score (nSPS) is 8.83. The summed E-state index contributed by atoms with van der Waals surface area (Å²) in [5, 5.41) is 0. The number of hydrogen-bond donors (Lipinski definition) is 0. The lowest BCUT2D eigenvalue weighted by atomic mass is 10.2. The predicted molar refractivity (Wildman–Crippen MR) is 101 cm³/mol. The Morgan fingerprint density at radius 2 is 1.12 bits per heavy atom. The molecule has 0 atom stereocenters. The molecule has 132 valence electrons. The molecule has 24 heavy (non-hydrogen) atoms. The Hall–Kier alpha value is -2.36. The number of aromatic nitrogens is 2. The molecule has 0 unspecified atom stereocenters. The summed E-state index contributed by atoms with van der Waals surface area (Å²) < 4.78 is 0. The van der Waals surface area contributed by atoms with Crippen LogP contribution in [0.5, 0.6) is 0 Å². The van der Waals surface area contributed by atoms with Crippen molar-refractivity contribution in [3.05, 3.63) is 59.2 Å². The van der Waals surface area contributed by atoms with Gasteiger partial charge in [-0.1, -0.05) is 40.8 Å².